The van der Waals surface area contributed by atoms with Crippen LogP contribution in [0, 0.1) is 0 Å². The van der Waals surface area contributed by atoms with E-state index in [0.717, 1.165) is 17.0 Å². The van der Waals surface area contributed by atoms with Crippen LogP contribution >= 0.6 is 11.8 Å². The Bertz CT molecular complexity index is 772. The number of anilines is 2. The predicted octanol–water partition coefficient (Wildman–Crippen LogP) is 5.42. The summed E-state index contributed by atoms with van der Waals surface area (Å²) in [5, 5.41) is 1.40. The summed E-state index contributed by atoms with van der Waals surface area (Å²) in [5.41, 5.74) is 0.00538. The molecule has 0 radical (unpaired) electrons. The zero-order valence-corrected chi connectivity index (χ0v) is 13.4. The van der Waals surface area contributed by atoms with E-state index in [1.54, 1.807) is 24.3 Å². The molecule has 134 valence electrons. The zero-order chi connectivity index (χ0) is 18.2. The van der Waals surface area contributed by atoms with Crippen LogP contribution < -0.4 is 10.2 Å². The number of halogens is 6. The maximum absolute atomic E-state index is 13.0. The average molecular weight is 378 g/mol. The molecule has 0 saturated carbocycles. The highest BCUT2D eigenvalue weighted by Gasteiger charge is 2.33. The molecule has 0 aromatic heterocycles. The van der Waals surface area contributed by atoms with Crippen LogP contribution in [0.15, 0.2) is 52.3 Å². The van der Waals surface area contributed by atoms with Gasteiger partial charge in [-0.05, 0) is 30.3 Å². The Morgan fingerprint density at radius 1 is 0.880 bits per heavy atom. The van der Waals surface area contributed by atoms with Crippen molar-refractivity contribution in [3.63, 3.8) is 0 Å². The SMILES string of the molecule is FC(F)(F)NCCN1c2ccccc2Sc2ccc(C(F)(F)F)cc21. The second-order valence-electron chi connectivity index (χ2n) is 5.33. The van der Waals surface area contributed by atoms with Gasteiger partial charge in [-0.15, -0.1) is 0 Å². The fourth-order valence-corrected chi connectivity index (χ4v) is 3.63. The number of hydrogen-bond acceptors (Lipinski definition) is 3. The molecule has 1 heterocycles. The van der Waals surface area contributed by atoms with E-state index in [9.17, 15) is 26.3 Å². The number of nitrogens with one attached hydrogen (secondary N) is 1. The third-order valence-electron chi connectivity index (χ3n) is 3.61. The van der Waals surface area contributed by atoms with Crippen molar-refractivity contribution in [1.29, 1.82) is 0 Å². The van der Waals surface area contributed by atoms with Gasteiger partial charge in [0.25, 0.3) is 0 Å². The quantitative estimate of drug-likeness (QED) is 0.567. The minimum atomic E-state index is -4.54. The van der Waals surface area contributed by atoms with Gasteiger partial charge in [0.15, 0.2) is 0 Å². The number of nitrogens with zero attached hydrogens (tertiary/aromatic N) is 1. The minimum absolute atomic E-state index is 0.120. The van der Waals surface area contributed by atoms with Crippen LogP contribution in [0.2, 0.25) is 0 Å². The minimum Gasteiger partial charge on any atom is -0.338 e. The van der Waals surface area contributed by atoms with Crippen LogP contribution in [-0.4, -0.2) is 19.4 Å². The van der Waals surface area contributed by atoms with Crippen molar-refractivity contribution in [2.24, 2.45) is 0 Å². The van der Waals surface area contributed by atoms with Crippen molar-refractivity contribution in [2.45, 2.75) is 22.3 Å². The first kappa shape index (κ1) is 17.9. The molecule has 9 heteroatoms. The van der Waals surface area contributed by atoms with Gasteiger partial charge in [-0.25, -0.2) is 5.32 Å². The van der Waals surface area contributed by atoms with Gasteiger partial charge in [0.05, 0.1) is 16.9 Å². The molecule has 0 atom stereocenters. The van der Waals surface area contributed by atoms with Crippen LogP contribution in [0.5, 0.6) is 0 Å². The number of fused-ring (bicyclic) bond motifs is 2. The molecule has 1 N–H and O–H groups in total. The van der Waals surface area contributed by atoms with E-state index in [0.29, 0.717) is 10.6 Å². The first-order chi connectivity index (χ1) is 11.6. The summed E-state index contributed by atoms with van der Waals surface area (Å²) in [5.74, 6) is 0. The van der Waals surface area contributed by atoms with Crippen molar-refractivity contribution < 1.29 is 26.3 Å². The van der Waals surface area contributed by atoms with Crippen LogP contribution in [0.3, 0.4) is 0 Å². The lowest BCUT2D eigenvalue weighted by Gasteiger charge is -2.33. The van der Waals surface area contributed by atoms with Crippen LogP contribution in [0.1, 0.15) is 5.56 Å². The van der Waals surface area contributed by atoms with Gasteiger partial charge in [-0.1, -0.05) is 23.9 Å². The molecule has 0 unspecified atom stereocenters. The summed E-state index contributed by atoms with van der Waals surface area (Å²) >= 11 is 1.29. The third-order valence-corrected chi connectivity index (χ3v) is 4.74. The van der Waals surface area contributed by atoms with E-state index in [2.05, 4.69) is 0 Å². The molecule has 2 aromatic rings. The van der Waals surface area contributed by atoms with E-state index in [-0.39, 0.29) is 12.2 Å². The maximum Gasteiger partial charge on any atom is 0.457 e. The lowest BCUT2D eigenvalue weighted by molar-refractivity contribution is -0.156. The van der Waals surface area contributed by atoms with Gasteiger partial charge in [0, 0.05) is 22.9 Å². The summed E-state index contributed by atoms with van der Waals surface area (Å²) in [6, 6.07) is 10.2. The molecule has 0 fully saturated rings. The van der Waals surface area contributed by atoms with Crippen molar-refractivity contribution in [2.75, 3.05) is 18.0 Å². The Morgan fingerprint density at radius 2 is 1.56 bits per heavy atom. The van der Waals surface area contributed by atoms with Crippen LogP contribution in [0.25, 0.3) is 0 Å². The van der Waals surface area contributed by atoms with E-state index in [1.807, 2.05) is 0 Å². The first-order valence-corrected chi connectivity index (χ1v) is 8.04. The maximum atomic E-state index is 13.0. The van der Waals surface area contributed by atoms with Gasteiger partial charge in [-0.2, -0.15) is 26.3 Å². The largest absolute Gasteiger partial charge is 0.457 e. The molecule has 0 bridgehead atoms. The Morgan fingerprint density at radius 3 is 2.24 bits per heavy atom. The Kier molecular flexibility index (Phi) is 4.63. The number of alkyl halides is 6. The number of rotatable bonds is 3. The highest BCUT2D eigenvalue weighted by Crippen LogP contribution is 2.49. The normalized spacial score (nSPS) is 14.2. The summed E-state index contributed by atoms with van der Waals surface area (Å²) in [7, 11) is 0. The highest BCUT2D eigenvalue weighted by atomic mass is 32.2. The van der Waals surface area contributed by atoms with Gasteiger partial charge in [0.1, 0.15) is 0 Å². The second kappa shape index (κ2) is 6.45. The summed E-state index contributed by atoms with van der Waals surface area (Å²) < 4.78 is 76.0. The number of para-hydroxylation sites is 1. The fourth-order valence-electron chi connectivity index (χ4n) is 2.56. The molecule has 3 rings (SSSR count). The average Bonchev–Trinajstić information content (AvgIpc) is 2.51. The Balaban J connectivity index is 1.97. The molecule has 2 nitrogen and oxygen atoms in total. The van der Waals surface area contributed by atoms with E-state index >= 15 is 0 Å². The summed E-state index contributed by atoms with van der Waals surface area (Å²) in [6.07, 6.45) is -9.06. The van der Waals surface area contributed by atoms with Crippen molar-refractivity contribution in [3.05, 3.63) is 48.0 Å². The fraction of sp³-hybridized carbons (Fsp3) is 0.250. The summed E-state index contributed by atoms with van der Waals surface area (Å²) in [6.45, 7) is -0.566. The molecule has 1 aliphatic rings. The lowest BCUT2D eigenvalue weighted by Crippen LogP contribution is -2.38. The van der Waals surface area contributed by atoms with Crippen molar-refractivity contribution in [1.82, 2.24) is 5.32 Å². The molecule has 1 aliphatic heterocycles. The van der Waals surface area contributed by atoms with E-state index < -0.39 is 24.6 Å². The van der Waals surface area contributed by atoms with Gasteiger partial charge < -0.3 is 4.90 Å². The predicted molar refractivity (Wildman–Crippen MR) is 83.1 cm³/mol. The van der Waals surface area contributed by atoms with Crippen molar-refractivity contribution in [3.8, 4) is 0 Å². The molecular formula is C16H12F6N2S. The molecule has 0 spiro atoms. The van der Waals surface area contributed by atoms with Crippen LogP contribution in [-0.2, 0) is 6.18 Å². The third kappa shape index (κ3) is 4.04. The number of benzene rings is 2. The molecule has 0 aliphatic carbocycles. The van der Waals surface area contributed by atoms with Gasteiger partial charge in [0.2, 0.25) is 0 Å². The smallest absolute Gasteiger partial charge is 0.338 e. The Hall–Kier alpha value is -1.87. The topological polar surface area (TPSA) is 15.3 Å². The lowest BCUT2D eigenvalue weighted by atomic mass is 10.1. The van der Waals surface area contributed by atoms with Gasteiger partial charge in [-0.3, -0.25) is 0 Å². The highest BCUT2D eigenvalue weighted by molar-refractivity contribution is 7.99. The zero-order valence-electron chi connectivity index (χ0n) is 12.6. The first-order valence-electron chi connectivity index (χ1n) is 7.22. The summed E-state index contributed by atoms with van der Waals surface area (Å²) in [4.78, 5) is 2.83. The van der Waals surface area contributed by atoms with E-state index in [4.69, 9.17) is 0 Å². The Labute approximate surface area is 143 Å². The molecule has 0 amide bonds. The van der Waals surface area contributed by atoms with Gasteiger partial charge >= 0.3 is 12.5 Å². The standard InChI is InChI=1S/C16H12F6N2S/c17-15(18,19)10-5-6-14-12(9-10)24(8-7-23-16(20,21)22)11-3-1-2-4-13(11)25-14/h1-6,9,23H,7-8H2. The van der Waals surface area contributed by atoms with E-state index in [1.165, 1.54) is 28.0 Å². The molecule has 0 saturated heterocycles. The second-order valence-corrected chi connectivity index (χ2v) is 6.41. The van der Waals surface area contributed by atoms with Crippen molar-refractivity contribution >= 4 is 23.1 Å². The molecular weight excluding hydrogens is 366 g/mol. The number of hydrogen-bond donors (Lipinski definition) is 1. The molecule has 25 heavy (non-hydrogen) atoms. The van der Waals surface area contributed by atoms with Crippen LogP contribution in [0.4, 0.5) is 37.7 Å². The monoisotopic (exact) mass is 378 g/mol. The molecule has 2 aromatic carbocycles.